The van der Waals surface area contributed by atoms with Gasteiger partial charge in [-0.05, 0) is 50.6 Å². The SMILES string of the molecule is CCC=C[Si](OC1CCCCC1)(OC1CCCCC1)OC1CCCCC1. The molecule has 0 unspecified atom stereocenters. The second-order valence-corrected chi connectivity index (χ2v) is 10.8. The van der Waals surface area contributed by atoms with Crippen molar-refractivity contribution in [2.75, 3.05) is 0 Å². The molecule has 0 spiro atoms. The Morgan fingerprint density at radius 3 is 1.27 bits per heavy atom. The Bertz CT molecular complexity index is 357. The van der Waals surface area contributed by atoms with E-state index in [0.29, 0.717) is 18.3 Å². The van der Waals surface area contributed by atoms with E-state index in [1.807, 2.05) is 0 Å². The minimum absolute atomic E-state index is 0.337. The second kappa shape index (κ2) is 11.0. The minimum Gasteiger partial charge on any atom is -0.367 e. The van der Waals surface area contributed by atoms with E-state index >= 15 is 0 Å². The van der Waals surface area contributed by atoms with Crippen LogP contribution in [0.3, 0.4) is 0 Å². The molecule has 0 heterocycles. The first-order valence-corrected chi connectivity index (χ1v) is 13.3. The Balaban J connectivity index is 1.74. The monoisotopic (exact) mass is 380 g/mol. The lowest BCUT2D eigenvalue weighted by atomic mass is 9.98. The average molecular weight is 381 g/mol. The van der Waals surface area contributed by atoms with Gasteiger partial charge in [0.15, 0.2) is 0 Å². The fraction of sp³-hybridized carbons (Fsp3) is 0.909. The zero-order chi connectivity index (χ0) is 18.1. The predicted molar refractivity (Wildman–Crippen MR) is 109 cm³/mol. The third-order valence-corrected chi connectivity index (χ3v) is 8.84. The first-order chi connectivity index (χ1) is 12.8. The molecule has 0 N–H and O–H groups in total. The summed E-state index contributed by atoms with van der Waals surface area (Å²) < 4.78 is 20.4. The molecule has 3 rings (SSSR count). The van der Waals surface area contributed by atoms with Crippen LogP contribution < -0.4 is 0 Å². The lowest BCUT2D eigenvalue weighted by Gasteiger charge is -2.39. The maximum absolute atomic E-state index is 6.79. The lowest BCUT2D eigenvalue weighted by Crippen LogP contribution is -2.52. The van der Waals surface area contributed by atoms with E-state index in [0.717, 1.165) is 6.42 Å². The van der Waals surface area contributed by atoms with Crippen molar-refractivity contribution in [2.24, 2.45) is 0 Å². The van der Waals surface area contributed by atoms with E-state index in [1.54, 1.807) is 0 Å². The molecule has 0 aromatic rings. The van der Waals surface area contributed by atoms with Crippen LogP contribution in [0.2, 0.25) is 0 Å². The first-order valence-electron chi connectivity index (χ1n) is 11.5. The summed E-state index contributed by atoms with van der Waals surface area (Å²) in [6.45, 7) is 2.19. The van der Waals surface area contributed by atoms with Gasteiger partial charge in [0.05, 0.1) is 0 Å². The molecule has 4 heteroatoms. The predicted octanol–water partition coefficient (Wildman–Crippen LogP) is 6.48. The molecule has 3 aliphatic carbocycles. The molecule has 0 amide bonds. The molecule has 3 nitrogen and oxygen atoms in total. The second-order valence-electron chi connectivity index (χ2n) is 8.55. The fourth-order valence-electron chi connectivity index (χ4n) is 4.71. The van der Waals surface area contributed by atoms with Gasteiger partial charge in [0.1, 0.15) is 0 Å². The fourth-order valence-corrected chi connectivity index (χ4v) is 7.74. The summed E-state index contributed by atoms with van der Waals surface area (Å²) >= 11 is 0. The van der Waals surface area contributed by atoms with Crippen molar-refractivity contribution in [1.82, 2.24) is 0 Å². The van der Waals surface area contributed by atoms with Crippen LogP contribution in [0.5, 0.6) is 0 Å². The Kier molecular flexibility index (Phi) is 8.69. The van der Waals surface area contributed by atoms with Crippen molar-refractivity contribution in [3.05, 3.63) is 11.8 Å². The van der Waals surface area contributed by atoms with Crippen molar-refractivity contribution in [3.8, 4) is 0 Å². The number of rotatable bonds is 8. The van der Waals surface area contributed by atoms with Crippen LogP contribution in [-0.4, -0.2) is 27.1 Å². The molecule has 0 saturated heterocycles. The van der Waals surface area contributed by atoms with Crippen molar-refractivity contribution in [1.29, 1.82) is 0 Å². The van der Waals surface area contributed by atoms with Gasteiger partial charge in [-0.2, -0.15) is 0 Å². The number of allylic oxidation sites excluding steroid dienone is 1. The smallest absolute Gasteiger partial charge is 0.367 e. The van der Waals surface area contributed by atoms with Gasteiger partial charge in [0.25, 0.3) is 0 Å². The minimum atomic E-state index is -2.76. The molecule has 150 valence electrons. The Morgan fingerprint density at radius 1 is 0.615 bits per heavy atom. The summed E-state index contributed by atoms with van der Waals surface area (Å²) in [7, 11) is -2.76. The van der Waals surface area contributed by atoms with Gasteiger partial charge in [0, 0.05) is 18.3 Å². The Labute approximate surface area is 162 Å². The molecule has 0 radical (unpaired) electrons. The highest BCUT2D eigenvalue weighted by Crippen LogP contribution is 2.32. The molecule has 3 saturated carbocycles. The van der Waals surface area contributed by atoms with E-state index in [9.17, 15) is 0 Å². The third kappa shape index (κ3) is 6.47. The molecule has 0 bridgehead atoms. The highest BCUT2D eigenvalue weighted by atomic mass is 28.4. The van der Waals surface area contributed by atoms with Crippen LogP contribution in [0.25, 0.3) is 0 Å². The van der Waals surface area contributed by atoms with Crippen LogP contribution in [0.4, 0.5) is 0 Å². The topological polar surface area (TPSA) is 27.7 Å². The normalized spacial score (nSPS) is 25.1. The van der Waals surface area contributed by atoms with Crippen molar-refractivity contribution in [2.45, 2.75) is 128 Å². The highest BCUT2D eigenvalue weighted by molar-refractivity contribution is 6.66. The van der Waals surface area contributed by atoms with Gasteiger partial charge in [-0.15, -0.1) is 0 Å². The number of hydrogen-bond donors (Lipinski definition) is 0. The van der Waals surface area contributed by atoms with Crippen molar-refractivity contribution in [3.63, 3.8) is 0 Å². The Morgan fingerprint density at radius 2 is 0.962 bits per heavy atom. The summed E-state index contributed by atoms with van der Waals surface area (Å²) in [6.07, 6.45) is 23.1. The van der Waals surface area contributed by atoms with Gasteiger partial charge in [-0.1, -0.05) is 70.8 Å². The number of hydrogen-bond acceptors (Lipinski definition) is 3. The Hall–Kier alpha value is -0.163. The van der Waals surface area contributed by atoms with E-state index in [2.05, 4.69) is 18.7 Å². The van der Waals surface area contributed by atoms with Crippen LogP contribution in [-0.2, 0) is 13.3 Å². The van der Waals surface area contributed by atoms with Crippen molar-refractivity contribution < 1.29 is 13.3 Å². The third-order valence-electron chi connectivity index (χ3n) is 6.21. The standard InChI is InChI=1S/C22H40O3Si/c1-2-3-19-26(23-20-13-7-4-8-14-20,24-21-15-9-5-10-16-21)25-22-17-11-6-12-18-22/h3,19-22H,2,4-18H2,1H3. The van der Waals surface area contributed by atoms with Gasteiger partial charge in [-0.25, -0.2) is 0 Å². The largest absolute Gasteiger partial charge is 0.530 e. The molecule has 0 atom stereocenters. The molecule has 3 fully saturated rings. The van der Waals surface area contributed by atoms with Gasteiger partial charge >= 0.3 is 8.80 Å². The van der Waals surface area contributed by atoms with Gasteiger partial charge < -0.3 is 13.3 Å². The summed E-state index contributed by atoms with van der Waals surface area (Å²) in [4.78, 5) is 0. The van der Waals surface area contributed by atoms with Crippen LogP contribution >= 0.6 is 0 Å². The van der Waals surface area contributed by atoms with Crippen LogP contribution in [0, 0.1) is 0 Å². The van der Waals surface area contributed by atoms with E-state index in [4.69, 9.17) is 13.3 Å². The maximum atomic E-state index is 6.79. The highest BCUT2D eigenvalue weighted by Gasteiger charge is 2.45. The van der Waals surface area contributed by atoms with Crippen LogP contribution in [0.1, 0.15) is 110 Å². The lowest BCUT2D eigenvalue weighted by molar-refractivity contribution is -0.0320. The quantitative estimate of drug-likeness (QED) is 0.451. The first kappa shape index (κ1) is 20.6. The molecular formula is C22H40O3Si. The van der Waals surface area contributed by atoms with Gasteiger partial charge in [-0.3, -0.25) is 0 Å². The zero-order valence-electron chi connectivity index (χ0n) is 16.9. The van der Waals surface area contributed by atoms with Crippen molar-refractivity contribution >= 4 is 8.80 Å². The molecule has 3 aliphatic rings. The van der Waals surface area contributed by atoms with E-state index < -0.39 is 8.80 Å². The maximum Gasteiger partial charge on any atom is 0.530 e. The summed E-state index contributed by atoms with van der Waals surface area (Å²) in [5.74, 6) is 0. The molecule has 0 aromatic carbocycles. The summed E-state index contributed by atoms with van der Waals surface area (Å²) in [6, 6.07) is 0. The van der Waals surface area contributed by atoms with E-state index in [-0.39, 0.29) is 0 Å². The van der Waals surface area contributed by atoms with Crippen LogP contribution in [0.15, 0.2) is 11.8 Å². The molecule has 0 aliphatic heterocycles. The van der Waals surface area contributed by atoms with E-state index in [1.165, 1.54) is 96.3 Å². The summed E-state index contributed by atoms with van der Waals surface area (Å²) in [5.41, 5.74) is 2.24. The summed E-state index contributed by atoms with van der Waals surface area (Å²) in [5, 5.41) is 0. The molecule has 26 heavy (non-hydrogen) atoms. The zero-order valence-corrected chi connectivity index (χ0v) is 17.9. The van der Waals surface area contributed by atoms with Gasteiger partial charge in [0.2, 0.25) is 0 Å². The molecular weight excluding hydrogens is 340 g/mol. The molecule has 0 aromatic heterocycles. The average Bonchev–Trinajstić information content (AvgIpc) is 2.69.